The molecule has 7 heteroatoms. The Kier molecular flexibility index (Phi) is 2.66. The monoisotopic (exact) mass is 192 g/mol. The second-order valence-electron chi connectivity index (χ2n) is 2.24. The summed E-state index contributed by atoms with van der Waals surface area (Å²) in [5.74, 6) is 0. The maximum atomic E-state index is 10.5. The fraction of sp³-hybridized carbons (Fsp3) is 0.600. The van der Waals surface area contributed by atoms with Crippen LogP contribution in [0.4, 0.5) is 4.79 Å². The molecule has 0 aliphatic carbocycles. The van der Waals surface area contributed by atoms with Crippen molar-refractivity contribution in [2.75, 3.05) is 19.6 Å². The molecule has 1 saturated heterocycles. The summed E-state index contributed by atoms with van der Waals surface area (Å²) < 4.78 is 21.0. The molecule has 6 nitrogen and oxygen atoms in total. The van der Waals surface area contributed by atoms with Crippen molar-refractivity contribution in [1.82, 2.24) is 10.2 Å². The zero-order valence-electron chi connectivity index (χ0n) is 6.15. The van der Waals surface area contributed by atoms with Gasteiger partial charge < -0.3 is 10.4 Å². The third kappa shape index (κ3) is 1.74. The van der Waals surface area contributed by atoms with E-state index in [-0.39, 0.29) is 18.1 Å². The van der Waals surface area contributed by atoms with E-state index in [1.165, 1.54) is 0 Å². The molecule has 1 aliphatic heterocycles. The lowest BCUT2D eigenvalue weighted by Gasteiger charge is -2.24. The van der Waals surface area contributed by atoms with Gasteiger partial charge in [-0.1, -0.05) is 0 Å². The van der Waals surface area contributed by atoms with Crippen LogP contribution in [0.1, 0.15) is 0 Å². The SMILES string of the molecule is O=C(O)N1CCNCC1=S(=O)=O. The smallest absolute Gasteiger partial charge is 0.412 e. The van der Waals surface area contributed by atoms with Gasteiger partial charge in [0.1, 0.15) is 0 Å². The minimum atomic E-state index is -2.45. The lowest BCUT2D eigenvalue weighted by atomic mass is 10.4. The molecule has 0 bridgehead atoms. The van der Waals surface area contributed by atoms with Crippen LogP contribution in [0.2, 0.25) is 0 Å². The van der Waals surface area contributed by atoms with Crippen LogP contribution in [0, 0.1) is 0 Å². The molecule has 1 aliphatic rings. The van der Waals surface area contributed by atoms with Crippen LogP contribution < -0.4 is 5.32 Å². The first-order chi connectivity index (χ1) is 5.63. The number of hydrogen-bond acceptors (Lipinski definition) is 4. The highest BCUT2D eigenvalue weighted by Crippen LogP contribution is 1.95. The van der Waals surface area contributed by atoms with Gasteiger partial charge in [0.2, 0.25) is 10.3 Å². The van der Waals surface area contributed by atoms with Crippen LogP contribution in [-0.4, -0.2) is 49.1 Å². The second kappa shape index (κ2) is 3.55. The molecule has 0 spiro atoms. The predicted octanol–water partition coefficient (Wildman–Crippen LogP) is -1.42. The van der Waals surface area contributed by atoms with E-state index in [4.69, 9.17) is 5.11 Å². The Bertz CT molecular complexity index is 312. The van der Waals surface area contributed by atoms with E-state index in [1.807, 2.05) is 0 Å². The quantitative estimate of drug-likeness (QED) is 0.460. The number of rotatable bonds is 0. The largest absolute Gasteiger partial charge is 0.465 e. The summed E-state index contributed by atoms with van der Waals surface area (Å²) in [4.78, 5) is 11.2. The molecule has 0 aromatic heterocycles. The third-order valence-electron chi connectivity index (χ3n) is 1.51. The Morgan fingerprint density at radius 3 is 2.67 bits per heavy atom. The summed E-state index contributed by atoms with van der Waals surface area (Å²) in [5, 5.41) is 11.3. The lowest BCUT2D eigenvalue weighted by Crippen LogP contribution is -2.50. The fourth-order valence-corrected chi connectivity index (χ4v) is 1.53. The third-order valence-corrected chi connectivity index (χ3v) is 2.26. The molecule has 1 heterocycles. The molecule has 1 fully saturated rings. The molecular formula is C5H8N2O4S. The molecule has 2 N–H and O–H groups in total. The van der Waals surface area contributed by atoms with Crippen LogP contribution in [-0.2, 0) is 10.3 Å². The highest BCUT2D eigenvalue weighted by Gasteiger charge is 2.22. The summed E-state index contributed by atoms with van der Waals surface area (Å²) in [6.07, 6.45) is -1.23. The van der Waals surface area contributed by atoms with Gasteiger partial charge in [0.05, 0.1) is 6.54 Å². The number of nitrogens with zero attached hydrogens (tertiary/aromatic N) is 1. The Hall–Kier alpha value is -1.08. The molecule has 0 atom stereocenters. The number of amides is 1. The first-order valence-corrected chi connectivity index (χ1v) is 4.36. The maximum Gasteiger partial charge on any atom is 0.412 e. The molecule has 1 amide bonds. The summed E-state index contributed by atoms with van der Waals surface area (Å²) >= 11 is 0. The normalized spacial score (nSPS) is 17.7. The van der Waals surface area contributed by atoms with Crippen molar-refractivity contribution in [3.63, 3.8) is 0 Å². The van der Waals surface area contributed by atoms with Crippen molar-refractivity contribution in [2.45, 2.75) is 0 Å². The molecule has 0 unspecified atom stereocenters. The summed E-state index contributed by atoms with van der Waals surface area (Å²) in [7, 11) is -2.45. The van der Waals surface area contributed by atoms with Gasteiger partial charge >= 0.3 is 6.09 Å². The predicted molar refractivity (Wildman–Crippen MR) is 41.5 cm³/mol. The van der Waals surface area contributed by atoms with Crippen LogP contribution in [0.15, 0.2) is 0 Å². The van der Waals surface area contributed by atoms with Gasteiger partial charge in [-0.2, -0.15) is 8.42 Å². The standard InChI is InChI=1S/C5H8N2O4S/c8-5(9)7-2-1-6-3-4(7)12(10)11/h6H,1-3H2,(H,8,9). The Morgan fingerprint density at radius 1 is 1.58 bits per heavy atom. The van der Waals surface area contributed by atoms with Crippen molar-refractivity contribution in [1.29, 1.82) is 0 Å². The van der Waals surface area contributed by atoms with Gasteiger partial charge in [0.25, 0.3) is 0 Å². The molecule has 68 valence electrons. The topological polar surface area (TPSA) is 86.7 Å². The van der Waals surface area contributed by atoms with E-state index in [1.54, 1.807) is 0 Å². The number of carboxylic acid groups (broad SMARTS) is 1. The van der Waals surface area contributed by atoms with E-state index < -0.39 is 16.4 Å². The first kappa shape index (κ1) is 9.01. The summed E-state index contributed by atoms with van der Waals surface area (Å²) in [5.41, 5.74) is 0. The maximum absolute atomic E-state index is 10.5. The van der Waals surface area contributed by atoms with Crippen molar-refractivity contribution in [3.05, 3.63) is 0 Å². The average Bonchev–Trinajstić information content (AvgIpc) is 2.04. The van der Waals surface area contributed by atoms with Gasteiger partial charge in [-0.25, -0.2) is 4.79 Å². The molecule has 0 aromatic carbocycles. The summed E-state index contributed by atoms with van der Waals surface area (Å²) in [6.45, 7) is 0.744. The van der Waals surface area contributed by atoms with Crippen molar-refractivity contribution < 1.29 is 18.3 Å². The van der Waals surface area contributed by atoms with E-state index in [9.17, 15) is 13.2 Å². The second-order valence-corrected chi connectivity index (χ2v) is 3.18. The Morgan fingerprint density at radius 2 is 2.25 bits per heavy atom. The van der Waals surface area contributed by atoms with E-state index >= 15 is 0 Å². The van der Waals surface area contributed by atoms with Gasteiger partial charge in [0.15, 0.2) is 4.99 Å². The number of piperazine rings is 1. The highest BCUT2D eigenvalue weighted by molar-refractivity contribution is 7.73. The molecule has 0 radical (unpaired) electrons. The Balaban J connectivity index is 2.97. The van der Waals surface area contributed by atoms with Gasteiger partial charge in [-0.15, -0.1) is 0 Å². The van der Waals surface area contributed by atoms with E-state index in [2.05, 4.69) is 5.32 Å². The lowest BCUT2D eigenvalue weighted by molar-refractivity contribution is 0.167. The van der Waals surface area contributed by atoms with Crippen molar-refractivity contribution in [3.8, 4) is 0 Å². The van der Waals surface area contributed by atoms with Crippen molar-refractivity contribution in [2.24, 2.45) is 0 Å². The minimum Gasteiger partial charge on any atom is -0.465 e. The zero-order valence-corrected chi connectivity index (χ0v) is 6.97. The molecule has 1 rings (SSSR count). The summed E-state index contributed by atoms with van der Waals surface area (Å²) in [6, 6.07) is 0. The van der Waals surface area contributed by atoms with Gasteiger partial charge in [-0.3, -0.25) is 4.90 Å². The number of hydrogen-bond donors (Lipinski definition) is 2. The van der Waals surface area contributed by atoms with E-state index in [0.29, 0.717) is 6.54 Å². The average molecular weight is 192 g/mol. The molecular weight excluding hydrogens is 184 g/mol. The van der Waals surface area contributed by atoms with E-state index in [0.717, 1.165) is 4.90 Å². The highest BCUT2D eigenvalue weighted by atomic mass is 32.2. The van der Waals surface area contributed by atoms with Crippen LogP contribution in [0.5, 0.6) is 0 Å². The number of carbonyl (C=O) groups is 1. The minimum absolute atomic E-state index is 0.0857. The van der Waals surface area contributed by atoms with Crippen LogP contribution >= 0.6 is 0 Å². The van der Waals surface area contributed by atoms with Crippen molar-refractivity contribution >= 4 is 21.4 Å². The van der Waals surface area contributed by atoms with Crippen LogP contribution in [0.3, 0.4) is 0 Å². The molecule has 0 aromatic rings. The Labute approximate surface area is 70.3 Å². The molecule has 12 heavy (non-hydrogen) atoms. The number of nitrogens with one attached hydrogen (secondary N) is 1. The fourth-order valence-electron chi connectivity index (χ4n) is 0.958. The first-order valence-electron chi connectivity index (χ1n) is 3.29. The van der Waals surface area contributed by atoms with Gasteiger partial charge in [-0.05, 0) is 0 Å². The zero-order chi connectivity index (χ0) is 9.14. The van der Waals surface area contributed by atoms with Gasteiger partial charge in [0, 0.05) is 13.1 Å². The van der Waals surface area contributed by atoms with Crippen LogP contribution in [0.25, 0.3) is 0 Å². The molecule has 0 saturated carbocycles.